The molecule has 0 bridgehead atoms. The first-order chi connectivity index (χ1) is 5.36. The van der Waals surface area contributed by atoms with Gasteiger partial charge in [0.1, 0.15) is 0 Å². The Kier molecular flexibility index (Phi) is 3.34. The summed E-state index contributed by atoms with van der Waals surface area (Å²) >= 11 is 0. The Bertz CT molecular complexity index is 147. The van der Waals surface area contributed by atoms with Gasteiger partial charge in [-0.1, -0.05) is 0 Å². The number of hydrogen-bond donors (Lipinski definition) is 1. The molecule has 11 heavy (non-hydrogen) atoms. The predicted molar refractivity (Wildman–Crippen MR) is 41.9 cm³/mol. The van der Waals surface area contributed by atoms with Crippen LogP contribution in [0.2, 0.25) is 0 Å². The summed E-state index contributed by atoms with van der Waals surface area (Å²) in [5.74, 6) is 0.709. The second kappa shape index (κ2) is 4.32. The van der Waals surface area contributed by atoms with Crippen LogP contribution >= 0.6 is 0 Å². The van der Waals surface area contributed by atoms with Gasteiger partial charge in [-0.3, -0.25) is 0 Å². The first kappa shape index (κ1) is 8.51. The zero-order chi connectivity index (χ0) is 8.10. The fraction of sp³-hybridized carbons (Fsp3) is 0.875. The SMILES string of the molecule is N#CCCC1CN(CCO)C1. The van der Waals surface area contributed by atoms with E-state index < -0.39 is 0 Å². The number of likely N-dealkylation sites (tertiary alicyclic amines) is 1. The van der Waals surface area contributed by atoms with Crippen LogP contribution in [0.1, 0.15) is 12.8 Å². The summed E-state index contributed by atoms with van der Waals surface area (Å²) in [5, 5.41) is 16.9. The lowest BCUT2D eigenvalue weighted by Crippen LogP contribution is -2.47. The minimum Gasteiger partial charge on any atom is -0.395 e. The fourth-order valence-electron chi connectivity index (χ4n) is 1.45. The minimum atomic E-state index is 0.255. The number of hydrogen-bond acceptors (Lipinski definition) is 3. The fourth-order valence-corrected chi connectivity index (χ4v) is 1.45. The summed E-state index contributed by atoms with van der Waals surface area (Å²) in [6, 6.07) is 2.15. The van der Waals surface area contributed by atoms with E-state index in [4.69, 9.17) is 10.4 Å². The van der Waals surface area contributed by atoms with Crippen LogP contribution in [0, 0.1) is 17.2 Å². The van der Waals surface area contributed by atoms with Gasteiger partial charge in [0.05, 0.1) is 12.7 Å². The number of aliphatic hydroxyl groups excluding tert-OH is 1. The average molecular weight is 154 g/mol. The topological polar surface area (TPSA) is 47.3 Å². The summed E-state index contributed by atoms with van der Waals surface area (Å²) in [7, 11) is 0. The van der Waals surface area contributed by atoms with Crippen molar-refractivity contribution in [3.05, 3.63) is 0 Å². The number of rotatable bonds is 4. The molecule has 3 nitrogen and oxygen atoms in total. The van der Waals surface area contributed by atoms with Gasteiger partial charge in [-0.2, -0.15) is 5.26 Å². The molecule has 0 atom stereocenters. The summed E-state index contributed by atoms with van der Waals surface area (Å²) < 4.78 is 0. The molecule has 0 spiro atoms. The molecule has 1 aliphatic rings. The third-order valence-corrected chi connectivity index (χ3v) is 2.11. The van der Waals surface area contributed by atoms with Crippen LogP contribution in [0.25, 0.3) is 0 Å². The van der Waals surface area contributed by atoms with Gasteiger partial charge in [-0.15, -0.1) is 0 Å². The van der Waals surface area contributed by atoms with Crippen LogP contribution in [0.3, 0.4) is 0 Å². The van der Waals surface area contributed by atoms with Crippen molar-refractivity contribution in [2.75, 3.05) is 26.2 Å². The number of aliphatic hydroxyl groups is 1. The number of nitriles is 1. The second-order valence-corrected chi connectivity index (χ2v) is 3.05. The Labute approximate surface area is 67.2 Å². The van der Waals surface area contributed by atoms with E-state index in [-0.39, 0.29) is 6.61 Å². The highest BCUT2D eigenvalue weighted by molar-refractivity contribution is 4.82. The third-order valence-electron chi connectivity index (χ3n) is 2.11. The number of β-amino-alcohol motifs (C(OH)–C–C–N with tert-alkyl or cyclic N) is 1. The molecule has 1 N–H and O–H groups in total. The Hall–Kier alpha value is -0.590. The second-order valence-electron chi connectivity index (χ2n) is 3.05. The highest BCUT2D eigenvalue weighted by Gasteiger charge is 2.24. The molecule has 3 heteroatoms. The van der Waals surface area contributed by atoms with Crippen molar-refractivity contribution in [2.24, 2.45) is 5.92 Å². The average Bonchev–Trinajstić information content (AvgIpc) is 1.94. The predicted octanol–water partition coefficient (Wildman–Crippen LogP) is 0.214. The van der Waals surface area contributed by atoms with Crippen molar-refractivity contribution in [3.63, 3.8) is 0 Å². The van der Waals surface area contributed by atoms with Gasteiger partial charge in [0.25, 0.3) is 0 Å². The van der Waals surface area contributed by atoms with Crippen molar-refractivity contribution in [3.8, 4) is 6.07 Å². The molecule has 1 fully saturated rings. The van der Waals surface area contributed by atoms with Crippen LogP contribution in [0.4, 0.5) is 0 Å². The monoisotopic (exact) mass is 154 g/mol. The van der Waals surface area contributed by atoms with E-state index in [2.05, 4.69) is 11.0 Å². The molecule has 0 aliphatic carbocycles. The Morgan fingerprint density at radius 3 is 2.82 bits per heavy atom. The lowest BCUT2D eigenvalue weighted by atomic mass is 9.95. The molecule has 0 aromatic rings. The van der Waals surface area contributed by atoms with Gasteiger partial charge in [-0.05, 0) is 12.3 Å². The van der Waals surface area contributed by atoms with E-state index in [0.29, 0.717) is 12.3 Å². The van der Waals surface area contributed by atoms with Crippen molar-refractivity contribution in [2.45, 2.75) is 12.8 Å². The lowest BCUT2D eigenvalue weighted by Gasteiger charge is -2.38. The highest BCUT2D eigenvalue weighted by atomic mass is 16.3. The van der Waals surface area contributed by atoms with Gasteiger partial charge in [0.15, 0.2) is 0 Å². The summed E-state index contributed by atoms with van der Waals surface area (Å²) in [6.45, 7) is 3.19. The molecule has 62 valence electrons. The van der Waals surface area contributed by atoms with Crippen molar-refractivity contribution in [1.82, 2.24) is 4.90 Å². The first-order valence-corrected chi connectivity index (χ1v) is 4.07. The smallest absolute Gasteiger partial charge is 0.0621 e. The summed E-state index contributed by atoms with van der Waals surface area (Å²) in [5.41, 5.74) is 0. The molecular formula is C8H14N2O. The highest BCUT2D eigenvalue weighted by Crippen LogP contribution is 2.19. The molecule has 0 aromatic carbocycles. The molecule has 0 amide bonds. The Balaban J connectivity index is 1.97. The van der Waals surface area contributed by atoms with Gasteiger partial charge < -0.3 is 10.0 Å². The molecule has 1 aliphatic heterocycles. The number of nitrogens with zero attached hydrogens (tertiary/aromatic N) is 2. The maximum Gasteiger partial charge on any atom is 0.0621 e. The van der Waals surface area contributed by atoms with E-state index in [9.17, 15) is 0 Å². The van der Waals surface area contributed by atoms with Crippen molar-refractivity contribution < 1.29 is 5.11 Å². The maximum absolute atomic E-state index is 8.57. The molecule has 1 rings (SSSR count). The first-order valence-electron chi connectivity index (χ1n) is 4.07. The largest absolute Gasteiger partial charge is 0.395 e. The molecule has 0 radical (unpaired) electrons. The van der Waals surface area contributed by atoms with Crippen LogP contribution in [-0.4, -0.2) is 36.2 Å². The van der Waals surface area contributed by atoms with Crippen LogP contribution < -0.4 is 0 Å². The molecule has 1 saturated heterocycles. The van der Waals surface area contributed by atoms with Crippen molar-refractivity contribution in [1.29, 1.82) is 5.26 Å². The van der Waals surface area contributed by atoms with Crippen molar-refractivity contribution >= 4 is 0 Å². The zero-order valence-electron chi connectivity index (χ0n) is 6.66. The van der Waals surface area contributed by atoms with Crippen LogP contribution in [0.15, 0.2) is 0 Å². The Morgan fingerprint density at radius 1 is 1.55 bits per heavy atom. The minimum absolute atomic E-state index is 0.255. The molecule has 0 aromatic heterocycles. The molecular weight excluding hydrogens is 140 g/mol. The quantitative estimate of drug-likeness (QED) is 0.630. The summed E-state index contributed by atoms with van der Waals surface area (Å²) in [4.78, 5) is 2.21. The van der Waals surface area contributed by atoms with Gasteiger partial charge in [0.2, 0.25) is 0 Å². The van der Waals surface area contributed by atoms with E-state index in [1.54, 1.807) is 0 Å². The van der Waals surface area contributed by atoms with E-state index >= 15 is 0 Å². The van der Waals surface area contributed by atoms with Gasteiger partial charge in [-0.25, -0.2) is 0 Å². The van der Waals surface area contributed by atoms with Gasteiger partial charge in [0, 0.05) is 26.1 Å². The van der Waals surface area contributed by atoms with Gasteiger partial charge >= 0.3 is 0 Å². The molecule has 0 saturated carbocycles. The van der Waals surface area contributed by atoms with E-state index in [0.717, 1.165) is 26.1 Å². The standard InChI is InChI=1S/C8H14N2O/c9-3-1-2-8-6-10(7-8)4-5-11/h8,11H,1-2,4-7H2. The van der Waals surface area contributed by atoms with Crippen LogP contribution in [0.5, 0.6) is 0 Å². The zero-order valence-corrected chi connectivity index (χ0v) is 6.66. The van der Waals surface area contributed by atoms with E-state index in [1.165, 1.54) is 0 Å². The maximum atomic E-state index is 8.57. The lowest BCUT2D eigenvalue weighted by molar-refractivity contribution is 0.0741. The Morgan fingerprint density at radius 2 is 2.27 bits per heavy atom. The third kappa shape index (κ3) is 2.49. The molecule has 1 heterocycles. The molecule has 0 unspecified atom stereocenters. The van der Waals surface area contributed by atoms with E-state index in [1.807, 2.05) is 0 Å². The summed E-state index contributed by atoms with van der Waals surface area (Å²) in [6.07, 6.45) is 1.70. The normalized spacial score (nSPS) is 19.3. The van der Waals surface area contributed by atoms with Crippen LogP contribution in [-0.2, 0) is 0 Å².